The number of nitrogens with one attached hydrogen (secondary N) is 1. The Hall–Kier alpha value is -0.570. The van der Waals surface area contributed by atoms with E-state index < -0.39 is 0 Å². The van der Waals surface area contributed by atoms with Crippen molar-refractivity contribution in [1.29, 1.82) is 5.41 Å². The molecule has 0 aliphatic carbocycles. The molecule has 1 saturated heterocycles. The van der Waals surface area contributed by atoms with Crippen molar-refractivity contribution < 1.29 is 4.74 Å². The Morgan fingerprint density at radius 3 is 2.86 bits per heavy atom. The molecule has 0 aromatic carbocycles. The highest BCUT2D eigenvalue weighted by molar-refractivity contribution is 5.80. The predicted molar refractivity (Wildman–Crippen MR) is 25.5 cm³/mol. The Balaban J connectivity index is 2.25. The fourth-order valence-electron chi connectivity index (χ4n) is 0.460. The number of hydrogen-bond donors (Lipinski definition) is 1. The van der Waals surface area contributed by atoms with Crippen molar-refractivity contribution in [3.05, 3.63) is 0 Å². The van der Waals surface area contributed by atoms with Crippen LogP contribution < -0.4 is 5.32 Å². The Labute approximate surface area is 42.2 Å². The van der Waals surface area contributed by atoms with E-state index in [4.69, 9.17) is 10.1 Å². The van der Waals surface area contributed by atoms with E-state index in [1.807, 2.05) is 0 Å². The molecule has 0 amide bonds. The third-order valence-electron chi connectivity index (χ3n) is 0.777. The Morgan fingerprint density at radius 2 is 2.57 bits per heavy atom. The highest BCUT2D eigenvalue weighted by Gasteiger charge is 2.02. The van der Waals surface area contributed by atoms with Gasteiger partial charge in [-0.3, -0.25) is 10.7 Å². The standard InChI is InChI=1S/C4H7N2O/c5-4-3-7-2-1-6-4/h5H,1-3H2. The van der Waals surface area contributed by atoms with Gasteiger partial charge in [-0.05, 0) is 0 Å². The van der Waals surface area contributed by atoms with Crippen LogP contribution in [-0.2, 0) is 4.74 Å². The summed E-state index contributed by atoms with van der Waals surface area (Å²) in [6, 6.07) is 0. The summed E-state index contributed by atoms with van der Waals surface area (Å²) >= 11 is 0. The van der Waals surface area contributed by atoms with Crippen LogP contribution in [0.5, 0.6) is 0 Å². The van der Waals surface area contributed by atoms with Gasteiger partial charge in [0, 0.05) is 0 Å². The second-order valence-electron chi connectivity index (χ2n) is 1.38. The van der Waals surface area contributed by atoms with E-state index in [0.29, 0.717) is 25.6 Å². The van der Waals surface area contributed by atoms with Crippen LogP contribution >= 0.6 is 0 Å². The second kappa shape index (κ2) is 1.93. The quantitative estimate of drug-likeness (QED) is 0.441. The SMILES string of the molecule is N=C1COCC[N]1. The molecule has 3 nitrogen and oxygen atoms in total. The summed E-state index contributed by atoms with van der Waals surface area (Å²) in [5.74, 6) is 0.367. The van der Waals surface area contributed by atoms with Crippen LogP contribution in [0.25, 0.3) is 0 Å². The zero-order chi connectivity index (χ0) is 5.11. The van der Waals surface area contributed by atoms with E-state index in [2.05, 4.69) is 5.32 Å². The smallest absolute Gasteiger partial charge is 0.141 e. The molecular formula is C4H7N2O. The van der Waals surface area contributed by atoms with Crippen molar-refractivity contribution in [2.45, 2.75) is 0 Å². The summed E-state index contributed by atoms with van der Waals surface area (Å²) in [7, 11) is 0. The van der Waals surface area contributed by atoms with Crippen molar-refractivity contribution in [2.24, 2.45) is 0 Å². The molecule has 0 unspecified atom stereocenters. The predicted octanol–water partition coefficient (Wildman–Crippen LogP) is -0.402. The summed E-state index contributed by atoms with van der Waals surface area (Å²) in [5.41, 5.74) is 0. The highest BCUT2D eigenvalue weighted by Crippen LogP contribution is 1.82. The van der Waals surface area contributed by atoms with Gasteiger partial charge in [-0.15, -0.1) is 0 Å². The number of hydrogen-bond acceptors (Lipinski definition) is 2. The molecule has 1 rings (SSSR count). The Bertz CT molecular complexity index is 73.8. The normalized spacial score (nSPS) is 21.4. The van der Waals surface area contributed by atoms with E-state index in [1.165, 1.54) is 0 Å². The first kappa shape index (κ1) is 4.59. The molecule has 39 valence electrons. The number of morpholine rings is 1. The molecule has 0 aromatic heterocycles. The van der Waals surface area contributed by atoms with Crippen LogP contribution in [0.15, 0.2) is 0 Å². The summed E-state index contributed by atoms with van der Waals surface area (Å²) in [4.78, 5) is 0. The third-order valence-corrected chi connectivity index (χ3v) is 0.777. The molecule has 0 atom stereocenters. The molecule has 1 N–H and O–H groups in total. The van der Waals surface area contributed by atoms with Gasteiger partial charge < -0.3 is 4.74 Å². The number of rotatable bonds is 0. The van der Waals surface area contributed by atoms with Crippen molar-refractivity contribution >= 4 is 5.84 Å². The summed E-state index contributed by atoms with van der Waals surface area (Å²) in [5, 5.41) is 10.7. The second-order valence-corrected chi connectivity index (χ2v) is 1.38. The lowest BCUT2D eigenvalue weighted by atomic mass is 10.5. The first-order valence-corrected chi connectivity index (χ1v) is 2.22. The first-order valence-electron chi connectivity index (χ1n) is 2.22. The minimum absolute atomic E-state index is 0.367. The maximum absolute atomic E-state index is 6.90. The van der Waals surface area contributed by atoms with Gasteiger partial charge in [0.2, 0.25) is 0 Å². The van der Waals surface area contributed by atoms with Crippen LogP contribution in [0.2, 0.25) is 0 Å². The molecule has 1 heterocycles. The fourth-order valence-corrected chi connectivity index (χ4v) is 0.460. The van der Waals surface area contributed by atoms with Crippen LogP contribution in [0.3, 0.4) is 0 Å². The van der Waals surface area contributed by atoms with Gasteiger partial charge in [-0.2, -0.15) is 0 Å². The molecule has 3 heteroatoms. The molecule has 1 aliphatic heterocycles. The molecule has 0 saturated carbocycles. The molecule has 7 heavy (non-hydrogen) atoms. The number of amidine groups is 1. The Kier molecular flexibility index (Phi) is 1.26. The molecule has 0 spiro atoms. The van der Waals surface area contributed by atoms with Crippen LogP contribution in [0.4, 0.5) is 0 Å². The van der Waals surface area contributed by atoms with Gasteiger partial charge in [0.25, 0.3) is 0 Å². The van der Waals surface area contributed by atoms with Crippen molar-refractivity contribution in [3.63, 3.8) is 0 Å². The zero-order valence-electron chi connectivity index (χ0n) is 3.98. The first-order chi connectivity index (χ1) is 3.39. The molecule has 1 aliphatic rings. The van der Waals surface area contributed by atoms with Crippen LogP contribution in [0, 0.1) is 5.41 Å². The van der Waals surface area contributed by atoms with Gasteiger partial charge in [0.15, 0.2) is 0 Å². The average molecular weight is 99.1 g/mol. The molecule has 1 radical (unpaired) electrons. The Morgan fingerprint density at radius 1 is 1.71 bits per heavy atom. The van der Waals surface area contributed by atoms with Crippen LogP contribution in [0.1, 0.15) is 0 Å². The van der Waals surface area contributed by atoms with E-state index in [0.717, 1.165) is 0 Å². The monoisotopic (exact) mass is 99.1 g/mol. The van der Waals surface area contributed by atoms with Crippen molar-refractivity contribution in [1.82, 2.24) is 5.32 Å². The molecule has 1 fully saturated rings. The zero-order valence-corrected chi connectivity index (χ0v) is 3.98. The van der Waals surface area contributed by atoms with Gasteiger partial charge in [-0.1, -0.05) is 0 Å². The maximum atomic E-state index is 6.90. The molecular weight excluding hydrogens is 92.1 g/mol. The maximum Gasteiger partial charge on any atom is 0.141 e. The minimum Gasteiger partial charge on any atom is -0.372 e. The fraction of sp³-hybridized carbons (Fsp3) is 0.750. The third kappa shape index (κ3) is 1.16. The number of ether oxygens (including phenoxy) is 1. The van der Waals surface area contributed by atoms with Crippen molar-refractivity contribution in [2.75, 3.05) is 19.8 Å². The summed E-state index contributed by atoms with van der Waals surface area (Å²) in [6.45, 7) is 1.75. The topological polar surface area (TPSA) is 47.2 Å². The van der Waals surface area contributed by atoms with Crippen molar-refractivity contribution in [3.8, 4) is 0 Å². The molecule has 0 aromatic rings. The largest absolute Gasteiger partial charge is 0.372 e. The minimum atomic E-state index is 0.367. The van der Waals surface area contributed by atoms with E-state index in [9.17, 15) is 0 Å². The van der Waals surface area contributed by atoms with Gasteiger partial charge in [0.1, 0.15) is 12.4 Å². The lowest BCUT2D eigenvalue weighted by Crippen LogP contribution is -2.30. The summed E-state index contributed by atoms with van der Waals surface area (Å²) in [6.07, 6.45) is 0. The summed E-state index contributed by atoms with van der Waals surface area (Å²) < 4.78 is 4.86. The lowest BCUT2D eigenvalue weighted by Gasteiger charge is -2.10. The molecule has 0 bridgehead atoms. The lowest BCUT2D eigenvalue weighted by molar-refractivity contribution is 0.157. The highest BCUT2D eigenvalue weighted by atomic mass is 16.5. The van der Waals surface area contributed by atoms with E-state index in [1.54, 1.807) is 0 Å². The van der Waals surface area contributed by atoms with Gasteiger partial charge in [0.05, 0.1) is 13.2 Å². The number of nitrogens with zero attached hydrogens (tertiary/aromatic N) is 1. The van der Waals surface area contributed by atoms with Gasteiger partial charge >= 0.3 is 0 Å². The van der Waals surface area contributed by atoms with E-state index >= 15 is 0 Å². The average Bonchev–Trinajstić information content (AvgIpc) is 1.69. The van der Waals surface area contributed by atoms with E-state index in [-0.39, 0.29) is 0 Å². The van der Waals surface area contributed by atoms with Gasteiger partial charge in [-0.25, -0.2) is 0 Å². The van der Waals surface area contributed by atoms with Crippen LogP contribution in [-0.4, -0.2) is 25.6 Å².